The molecule has 23 heavy (non-hydrogen) atoms. The summed E-state index contributed by atoms with van der Waals surface area (Å²) in [7, 11) is 0. The molecular weight excluding hydrogens is 300 g/mol. The topological polar surface area (TPSA) is 97.2 Å². The minimum atomic E-state index is -1.19. The zero-order valence-corrected chi connectivity index (χ0v) is 11.8. The molecular formula is C16H12N2O5. The summed E-state index contributed by atoms with van der Waals surface area (Å²) in [6.45, 7) is 0. The van der Waals surface area contributed by atoms with Gasteiger partial charge >= 0.3 is 6.09 Å². The van der Waals surface area contributed by atoms with Gasteiger partial charge in [-0.05, 0) is 12.1 Å². The number of carbonyl (C=O) groups is 2. The van der Waals surface area contributed by atoms with E-state index in [1.54, 1.807) is 42.5 Å². The Kier molecular flexibility index (Phi) is 3.92. The lowest BCUT2D eigenvalue weighted by atomic mass is 10.1. The average Bonchev–Trinajstić information content (AvgIpc) is 2.87. The molecule has 2 aromatic carbocycles. The summed E-state index contributed by atoms with van der Waals surface area (Å²) in [6, 6.07) is 14.8. The molecule has 0 aliphatic carbocycles. The number of amides is 2. The molecule has 1 fully saturated rings. The van der Waals surface area contributed by atoms with Crippen LogP contribution in [0.25, 0.3) is 0 Å². The third-order valence-corrected chi connectivity index (χ3v) is 3.07. The van der Waals surface area contributed by atoms with E-state index in [4.69, 9.17) is 9.57 Å². The summed E-state index contributed by atoms with van der Waals surface area (Å²) in [5, 5.41) is 15.4. The minimum Gasteiger partial charge on any atom is -0.508 e. The normalized spacial score (nSPS) is 17.6. The molecule has 0 radical (unpaired) electrons. The number of phenols is 1. The molecule has 116 valence electrons. The highest BCUT2D eigenvalue weighted by molar-refractivity contribution is 6.20. The number of hydrogen-bond donors (Lipinski definition) is 2. The first kappa shape index (κ1) is 14.6. The van der Waals surface area contributed by atoms with Crippen LogP contribution in [0.5, 0.6) is 11.5 Å². The van der Waals surface area contributed by atoms with Crippen LogP contribution in [-0.4, -0.2) is 28.9 Å². The maximum atomic E-state index is 11.8. The summed E-state index contributed by atoms with van der Waals surface area (Å²) in [5.74, 6) is -0.315. The number of carbonyl (C=O) groups excluding carboxylic acids is 2. The van der Waals surface area contributed by atoms with Crippen LogP contribution in [0, 0.1) is 0 Å². The maximum absolute atomic E-state index is 11.8. The molecule has 1 atom stereocenters. The van der Waals surface area contributed by atoms with Crippen molar-refractivity contribution in [1.82, 2.24) is 5.32 Å². The Bertz CT molecular complexity index is 773. The highest BCUT2D eigenvalue weighted by atomic mass is 16.6. The smallest absolute Gasteiger partial charge is 0.415 e. The van der Waals surface area contributed by atoms with Gasteiger partial charge in [-0.1, -0.05) is 41.6 Å². The Balaban J connectivity index is 1.93. The standard InChI is InChI=1S/C16H12N2O5/c19-11-7-4-8-12(9-11)23-18-13(10-5-2-1-3-6-10)14-15(20)17-16(21)22-14/h1-9,14,19H,(H,17,20,21)/b18-13-. The summed E-state index contributed by atoms with van der Waals surface area (Å²) < 4.78 is 4.94. The third kappa shape index (κ3) is 3.29. The predicted octanol–water partition coefficient (Wildman–Crippen LogP) is 1.81. The van der Waals surface area contributed by atoms with Gasteiger partial charge in [-0.3, -0.25) is 10.1 Å². The van der Waals surface area contributed by atoms with Gasteiger partial charge < -0.3 is 14.7 Å². The van der Waals surface area contributed by atoms with Gasteiger partial charge in [-0.15, -0.1) is 0 Å². The van der Waals surface area contributed by atoms with Crippen molar-refractivity contribution < 1.29 is 24.3 Å². The molecule has 0 saturated carbocycles. The molecule has 2 amide bonds. The molecule has 7 heteroatoms. The number of nitrogens with one attached hydrogen (secondary N) is 1. The van der Waals surface area contributed by atoms with E-state index in [9.17, 15) is 14.7 Å². The number of ether oxygens (including phenoxy) is 1. The fraction of sp³-hybridized carbons (Fsp3) is 0.0625. The summed E-state index contributed by atoms with van der Waals surface area (Å²) in [6.07, 6.45) is -2.02. The van der Waals surface area contributed by atoms with Crippen LogP contribution >= 0.6 is 0 Å². The van der Waals surface area contributed by atoms with E-state index >= 15 is 0 Å². The Labute approximate surface area is 131 Å². The number of hydrogen-bond acceptors (Lipinski definition) is 6. The Hall–Kier alpha value is -3.35. The largest absolute Gasteiger partial charge is 0.508 e. The second-order valence-electron chi connectivity index (χ2n) is 4.71. The summed E-state index contributed by atoms with van der Waals surface area (Å²) >= 11 is 0. The highest BCUT2D eigenvalue weighted by Gasteiger charge is 2.37. The van der Waals surface area contributed by atoms with E-state index in [1.807, 2.05) is 5.32 Å². The second kappa shape index (κ2) is 6.18. The molecule has 1 aliphatic rings. The summed E-state index contributed by atoms with van der Waals surface area (Å²) in [5.41, 5.74) is 0.722. The van der Waals surface area contributed by atoms with Crippen molar-refractivity contribution in [2.24, 2.45) is 5.16 Å². The molecule has 0 spiro atoms. The third-order valence-electron chi connectivity index (χ3n) is 3.07. The van der Waals surface area contributed by atoms with Crippen LogP contribution in [0.1, 0.15) is 5.56 Å². The molecule has 2 N–H and O–H groups in total. The van der Waals surface area contributed by atoms with Crippen molar-refractivity contribution in [3.05, 3.63) is 60.2 Å². The Morgan fingerprint density at radius 1 is 1.13 bits per heavy atom. The quantitative estimate of drug-likeness (QED) is 0.663. The first-order valence-corrected chi connectivity index (χ1v) is 6.74. The van der Waals surface area contributed by atoms with E-state index in [0.717, 1.165) is 0 Å². The lowest BCUT2D eigenvalue weighted by Gasteiger charge is -2.10. The highest BCUT2D eigenvalue weighted by Crippen LogP contribution is 2.19. The number of imide groups is 1. The van der Waals surface area contributed by atoms with Crippen LogP contribution in [-0.2, 0) is 9.53 Å². The number of aromatic hydroxyl groups is 1. The molecule has 7 nitrogen and oxygen atoms in total. The van der Waals surface area contributed by atoms with E-state index in [-0.39, 0.29) is 17.2 Å². The first-order chi connectivity index (χ1) is 11.1. The lowest BCUT2D eigenvalue weighted by Crippen LogP contribution is -2.32. The second-order valence-corrected chi connectivity index (χ2v) is 4.71. The number of nitrogens with zero attached hydrogens (tertiary/aromatic N) is 1. The fourth-order valence-corrected chi connectivity index (χ4v) is 2.04. The van der Waals surface area contributed by atoms with Crippen molar-refractivity contribution in [3.8, 4) is 11.5 Å². The zero-order valence-electron chi connectivity index (χ0n) is 11.8. The number of benzene rings is 2. The molecule has 1 unspecified atom stereocenters. The van der Waals surface area contributed by atoms with Crippen LogP contribution in [0.2, 0.25) is 0 Å². The minimum absolute atomic E-state index is 0.0176. The van der Waals surface area contributed by atoms with Gasteiger partial charge in [0.15, 0.2) is 5.75 Å². The van der Waals surface area contributed by atoms with Gasteiger partial charge in [-0.2, -0.15) is 0 Å². The number of cyclic esters (lactones) is 1. The van der Waals surface area contributed by atoms with Gasteiger partial charge in [0.05, 0.1) is 0 Å². The number of alkyl carbamates (subject to hydrolysis) is 1. The molecule has 3 rings (SSSR count). The molecule has 1 aliphatic heterocycles. The number of oxime groups is 1. The van der Waals surface area contributed by atoms with Crippen molar-refractivity contribution in [3.63, 3.8) is 0 Å². The zero-order chi connectivity index (χ0) is 16.2. The number of rotatable bonds is 4. The average molecular weight is 312 g/mol. The Morgan fingerprint density at radius 2 is 1.91 bits per heavy atom. The van der Waals surface area contributed by atoms with Crippen LogP contribution in [0.3, 0.4) is 0 Å². The lowest BCUT2D eigenvalue weighted by molar-refractivity contribution is -0.121. The van der Waals surface area contributed by atoms with Crippen molar-refractivity contribution >= 4 is 17.7 Å². The van der Waals surface area contributed by atoms with Gasteiger partial charge in [0, 0.05) is 11.6 Å². The molecule has 0 bridgehead atoms. The molecule has 1 saturated heterocycles. The van der Waals surface area contributed by atoms with E-state index in [1.165, 1.54) is 12.1 Å². The predicted molar refractivity (Wildman–Crippen MR) is 80.1 cm³/mol. The van der Waals surface area contributed by atoms with Gasteiger partial charge in [-0.25, -0.2) is 4.79 Å². The van der Waals surface area contributed by atoms with Gasteiger partial charge in [0.2, 0.25) is 6.10 Å². The van der Waals surface area contributed by atoms with Gasteiger partial charge in [0.25, 0.3) is 5.91 Å². The van der Waals surface area contributed by atoms with Crippen LogP contribution in [0.4, 0.5) is 4.79 Å². The molecule has 2 aromatic rings. The fourth-order valence-electron chi connectivity index (χ4n) is 2.04. The van der Waals surface area contributed by atoms with Gasteiger partial charge in [0.1, 0.15) is 11.5 Å². The summed E-state index contributed by atoms with van der Waals surface area (Å²) in [4.78, 5) is 28.3. The maximum Gasteiger partial charge on any atom is 0.415 e. The van der Waals surface area contributed by atoms with Crippen molar-refractivity contribution in [2.45, 2.75) is 6.10 Å². The molecule has 0 aromatic heterocycles. The first-order valence-electron chi connectivity index (χ1n) is 6.74. The Morgan fingerprint density at radius 3 is 2.57 bits per heavy atom. The van der Waals surface area contributed by atoms with E-state index in [0.29, 0.717) is 5.56 Å². The molecule has 1 heterocycles. The van der Waals surface area contributed by atoms with Crippen molar-refractivity contribution in [1.29, 1.82) is 0 Å². The van der Waals surface area contributed by atoms with Crippen LogP contribution < -0.4 is 10.2 Å². The van der Waals surface area contributed by atoms with Crippen LogP contribution in [0.15, 0.2) is 59.8 Å². The van der Waals surface area contributed by atoms with E-state index < -0.39 is 18.1 Å². The number of phenolic OH excluding ortho intramolecular Hbond substituents is 1. The van der Waals surface area contributed by atoms with Crippen molar-refractivity contribution in [2.75, 3.05) is 0 Å². The SMILES string of the molecule is O=C1NC(=O)C(/C(=N\Oc2cccc(O)c2)c2ccccc2)O1. The van der Waals surface area contributed by atoms with E-state index in [2.05, 4.69) is 5.16 Å². The monoisotopic (exact) mass is 312 g/mol.